The van der Waals surface area contributed by atoms with Crippen LogP contribution < -0.4 is 10.2 Å². The maximum atomic E-state index is 13.1. The van der Waals surface area contributed by atoms with Crippen molar-refractivity contribution in [2.24, 2.45) is 0 Å². The van der Waals surface area contributed by atoms with E-state index < -0.39 is 0 Å². The fourth-order valence-electron chi connectivity index (χ4n) is 3.37. The average Bonchev–Trinajstić information content (AvgIpc) is 3.30. The van der Waals surface area contributed by atoms with E-state index in [1.807, 2.05) is 28.5 Å². The molecule has 0 radical (unpaired) electrons. The first-order valence-corrected chi connectivity index (χ1v) is 10.3. The molecule has 4 rings (SSSR count). The number of amides is 2. The van der Waals surface area contributed by atoms with Crippen LogP contribution in [-0.2, 0) is 0 Å². The van der Waals surface area contributed by atoms with E-state index in [4.69, 9.17) is 0 Å². The fourth-order valence-corrected chi connectivity index (χ4v) is 4.00. The van der Waals surface area contributed by atoms with Crippen LogP contribution in [0.25, 0.3) is 0 Å². The second-order valence-electron chi connectivity index (χ2n) is 6.81. The molecule has 2 aromatic carbocycles. The molecule has 0 unspecified atom stereocenters. The van der Waals surface area contributed by atoms with Crippen LogP contribution >= 0.6 is 11.3 Å². The Labute approximate surface area is 173 Å². The molecule has 2 heterocycles. The predicted octanol–water partition coefficient (Wildman–Crippen LogP) is 3.67. The smallest absolute Gasteiger partial charge is 0.256 e. The Hall–Kier alpha value is -3.32. The largest absolute Gasteiger partial charge is 0.508 e. The number of benzene rings is 2. The minimum Gasteiger partial charge on any atom is -0.508 e. The van der Waals surface area contributed by atoms with Crippen molar-refractivity contribution in [2.75, 3.05) is 36.4 Å². The van der Waals surface area contributed by atoms with Gasteiger partial charge >= 0.3 is 0 Å². The number of phenolic OH excluding ortho intramolecular Hbond substituents is 1. The average molecular weight is 407 g/mol. The molecule has 1 aromatic heterocycles. The van der Waals surface area contributed by atoms with Gasteiger partial charge < -0.3 is 20.2 Å². The van der Waals surface area contributed by atoms with Crippen molar-refractivity contribution in [3.05, 3.63) is 76.5 Å². The lowest BCUT2D eigenvalue weighted by Gasteiger charge is -2.36. The Morgan fingerprint density at radius 3 is 2.34 bits per heavy atom. The SMILES string of the molecule is O=C(Nc1ccccc1C(=O)N1CCN(c2ccc(O)cc2)CC1)c1ccsc1. The van der Waals surface area contributed by atoms with Crippen molar-refractivity contribution < 1.29 is 14.7 Å². The summed E-state index contributed by atoms with van der Waals surface area (Å²) >= 11 is 1.46. The first kappa shape index (κ1) is 19.0. The summed E-state index contributed by atoms with van der Waals surface area (Å²) in [6.07, 6.45) is 0. The van der Waals surface area contributed by atoms with Crippen molar-refractivity contribution in [1.29, 1.82) is 0 Å². The second-order valence-corrected chi connectivity index (χ2v) is 7.59. The minimum absolute atomic E-state index is 0.0865. The Morgan fingerprint density at radius 2 is 1.66 bits per heavy atom. The lowest BCUT2D eigenvalue weighted by atomic mass is 10.1. The molecule has 1 fully saturated rings. The standard InChI is InChI=1S/C22H21N3O3S/c26-18-7-5-17(6-8-18)24-10-12-25(13-11-24)22(28)19-3-1-2-4-20(19)23-21(27)16-9-14-29-15-16/h1-9,14-15,26H,10-13H2,(H,23,27). The molecule has 2 amide bonds. The highest BCUT2D eigenvalue weighted by Crippen LogP contribution is 2.23. The number of piperazine rings is 1. The number of phenols is 1. The number of para-hydroxylation sites is 1. The zero-order valence-electron chi connectivity index (χ0n) is 15.7. The summed E-state index contributed by atoms with van der Waals surface area (Å²) in [6.45, 7) is 2.60. The molecule has 1 aliphatic rings. The number of rotatable bonds is 4. The van der Waals surface area contributed by atoms with Crippen LogP contribution in [0.15, 0.2) is 65.4 Å². The van der Waals surface area contributed by atoms with Gasteiger partial charge in [-0.1, -0.05) is 12.1 Å². The summed E-state index contributed by atoms with van der Waals surface area (Å²) in [5.41, 5.74) is 2.63. The van der Waals surface area contributed by atoms with Crippen LogP contribution in [0.4, 0.5) is 11.4 Å². The number of anilines is 2. The molecule has 148 valence electrons. The third-order valence-electron chi connectivity index (χ3n) is 4.97. The van der Waals surface area contributed by atoms with E-state index in [0.29, 0.717) is 43.0 Å². The minimum atomic E-state index is -0.219. The third-order valence-corrected chi connectivity index (χ3v) is 5.65. The summed E-state index contributed by atoms with van der Waals surface area (Å²) in [6, 6.07) is 16.0. The molecular weight excluding hydrogens is 386 g/mol. The van der Waals surface area contributed by atoms with Gasteiger partial charge in [-0.3, -0.25) is 9.59 Å². The van der Waals surface area contributed by atoms with Gasteiger partial charge in [0.25, 0.3) is 11.8 Å². The zero-order chi connectivity index (χ0) is 20.2. The normalized spacial score (nSPS) is 13.9. The number of carbonyl (C=O) groups excluding carboxylic acids is 2. The molecule has 6 nitrogen and oxygen atoms in total. The van der Waals surface area contributed by atoms with Gasteiger partial charge in [0.2, 0.25) is 0 Å². The van der Waals surface area contributed by atoms with E-state index in [9.17, 15) is 14.7 Å². The first-order chi connectivity index (χ1) is 14.1. The van der Waals surface area contributed by atoms with Crippen LogP contribution in [0.1, 0.15) is 20.7 Å². The Balaban J connectivity index is 1.44. The van der Waals surface area contributed by atoms with E-state index in [1.54, 1.807) is 41.8 Å². The van der Waals surface area contributed by atoms with Crippen molar-refractivity contribution in [3.8, 4) is 5.75 Å². The number of nitrogens with one attached hydrogen (secondary N) is 1. The lowest BCUT2D eigenvalue weighted by Crippen LogP contribution is -2.48. The maximum Gasteiger partial charge on any atom is 0.256 e. The topological polar surface area (TPSA) is 72.9 Å². The van der Waals surface area contributed by atoms with Crippen LogP contribution in [0.2, 0.25) is 0 Å². The van der Waals surface area contributed by atoms with Crippen LogP contribution in [0.5, 0.6) is 5.75 Å². The van der Waals surface area contributed by atoms with Crippen molar-refractivity contribution in [2.45, 2.75) is 0 Å². The van der Waals surface area contributed by atoms with Crippen LogP contribution in [0, 0.1) is 0 Å². The van der Waals surface area contributed by atoms with E-state index in [-0.39, 0.29) is 17.6 Å². The molecule has 7 heteroatoms. The highest BCUT2D eigenvalue weighted by molar-refractivity contribution is 7.08. The van der Waals surface area contributed by atoms with Crippen molar-refractivity contribution >= 4 is 34.5 Å². The van der Waals surface area contributed by atoms with E-state index in [0.717, 1.165) is 5.69 Å². The van der Waals surface area contributed by atoms with Gasteiger partial charge in [-0.25, -0.2) is 0 Å². The Bertz CT molecular complexity index is 994. The fraction of sp³-hybridized carbons (Fsp3) is 0.182. The molecule has 0 spiro atoms. The van der Waals surface area contributed by atoms with Gasteiger partial charge in [0.05, 0.1) is 16.8 Å². The Kier molecular flexibility index (Phi) is 5.48. The summed E-state index contributed by atoms with van der Waals surface area (Å²) in [5, 5.41) is 15.9. The highest BCUT2D eigenvalue weighted by Gasteiger charge is 2.24. The first-order valence-electron chi connectivity index (χ1n) is 9.37. The van der Waals surface area contributed by atoms with E-state index >= 15 is 0 Å². The summed E-state index contributed by atoms with van der Waals surface area (Å²) in [4.78, 5) is 29.5. The van der Waals surface area contributed by atoms with E-state index in [1.165, 1.54) is 11.3 Å². The molecule has 0 aliphatic carbocycles. The second kappa shape index (κ2) is 8.36. The lowest BCUT2D eigenvalue weighted by molar-refractivity contribution is 0.0748. The van der Waals surface area contributed by atoms with E-state index in [2.05, 4.69) is 10.2 Å². The van der Waals surface area contributed by atoms with Gasteiger partial charge in [0.15, 0.2) is 0 Å². The third kappa shape index (κ3) is 4.25. The molecule has 0 bridgehead atoms. The van der Waals surface area contributed by atoms with Crippen LogP contribution in [0.3, 0.4) is 0 Å². The monoisotopic (exact) mass is 407 g/mol. The quantitative estimate of drug-likeness (QED) is 0.692. The Morgan fingerprint density at radius 1 is 0.931 bits per heavy atom. The zero-order valence-corrected chi connectivity index (χ0v) is 16.6. The number of aromatic hydroxyl groups is 1. The summed E-state index contributed by atoms with van der Waals surface area (Å²) < 4.78 is 0. The number of hydrogen-bond donors (Lipinski definition) is 2. The number of thiophene rings is 1. The number of carbonyl (C=O) groups is 2. The van der Waals surface area contributed by atoms with Crippen molar-refractivity contribution in [3.63, 3.8) is 0 Å². The van der Waals surface area contributed by atoms with Gasteiger partial charge in [0.1, 0.15) is 5.75 Å². The number of hydrogen-bond acceptors (Lipinski definition) is 5. The molecule has 2 N–H and O–H groups in total. The van der Waals surface area contributed by atoms with Crippen molar-refractivity contribution in [1.82, 2.24) is 4.90 Å². The summed E-state index contributed by atoms with van der Waals surface area (Å²) in [7, 11) is 0. The maximum absolute atomic E-state index is 13.1. The van der Waals surface area contributed by atoms with Gasteiger partial charge in [-0.2, -0.15) is 11.3 Å². The number of nitrogens with zero attached hydrogens (tertiary/aromatic N) is 2. The predicted molar refractivity (Wildman–Crippen MR) is 115 cm³/mol. The molecule has 0 atom stereocenters. The molecule has 0 saturated carbocycles. The highest BCUT2D eigenvalue weighted by atomic mass is 32.1. The van der Waals surface area contributed by atoms with Gasteiger partial charge in [-0.05, 0) is 47.8 Å². The molecule has 1 saturated heterocycles. The molecular formula is C22H21N3O3S. The van der Waals surface area contributed by atoms with Crippen LogP contribution in [-0.4, -0.2) is 48.0 Å². The molecule has 3 aromatic rings. The summed E-state index contributed by atoms with van der Waals surface area (Å²) in [5.74, 6) is -0.0658. The van der Waals surface area contributed by atoms with Gasteiger partial charge in [-0.15, -0.1) is 0 Å². The molecule has 29 heavy (non-hydrogen) atoms. The van der Waals surface area contributed by atoms with Gasteiger partial charge in [0, 0.05) is 37.2 Å². The molecule has 1 aliphatic heterocycles.